The van der Waals surface area contributed by atoms with E-state index in [1.807, 2.05) is 42.5 Å². The van der Waals surface area contributed by atoms with E-state index in [0.717, 1.165) is 55.3 Å². The molecule has 1 heterocycles. The molecule has 0 radical (unpaired) electrons. The molecule has 1 aliphatic heterocycles. The van der Waals surface area contributed by atoms with E-state index in [9.17, 15) is 0 Å². The summed E-state index contributed by atoms with van der Waals surface area (Å²) in [7, 11) is 0. The highest BCUT2D eigenvalue weighted by molar-refractivity contribution is 5.96. The molecule has 33 heavy (non-hydrogen) atoms. The van der Waals surface area contributed by atoms with Crippen molar-refractivity contribution in [3.05, 3.63) is 95.1 Å². The first-order chi connectivity index (χ1) is 16.1. The maximum atomic E-state index is 8.64. The van der Waals surface area contributed by atoms with Crippen molar-refractivity contribution < 1.29 is 9.47 Å². The highest BCUT2D eigenvalue weighted by Gasteiger charge is 2.20. The van der Waals surface area contributed by atoms with Crippen LogP contribution in [-0.2, 0) is 6.61 Å². The van der Waals surface area contributed by atoms with Crippen LogP contribution in [-0.4, -0.2) is 55.0 Å². The average molecular weight is 444 g/mol. The van der Waals surface area contributed by atoms with E-state index in [0.29, 0.717) is 19.0 Å². The molecule has 0 amide bonds. The Bertz CT molecular complexity index is 1020. The van der Waals surface area contributed by atoms with Gasteiger partial charge in [0.25, 0.3) is 0 Å². The largest absolute Gasteiger partial charge is 0.492 e. The van der Waals surface area contributed by atoms with Crippen molar-refractivity contribution in [2.75, 3.05) is 39.3 Å². The SMILES string of the molecule is Cc1cccc(C)c1OCCN1CCN(C(=N)c2ccc(OCc3ccccc3)cc2)CC1. The number of hydrogen-bond donors (Lipinski definition) is 1. The van der Waals surface area contributed by atoms with E-state index in [1.54, 1.807) is 0 Å². The second kappa shape index (κ2) is 11.0. The molecule has 1 N–H and O–H groups in total. The fourth-order valence-electron chi connectivity index (χ4n) is 4.13. The number of amidine groups is 1. The summed E-state index contributed by atoms with van der Waals surface area (Å²) in [4.78, 5) is 4.57. The molecule has 0 aromatic heterocycles. The molecule has 0 unspecified atom stereocenters. The molecule has 3 aromatic carbocycles. The molecule has 1 aliphatic rings. The molecule has 4 rings (SSSR count). The summed E-state index contributed by atoms with van der Waals surface area (Å²) < 4.78 is 11.9. The lowest BCUT2D eigenvalue weighted by Gasteiger charge is -2.36. The summed E-state index contributed by atoms with van der Waals surface area (Å²) in [5.74, 6) is 2.41. The third kappa shape index (κ3) is 6.14. The van der Waals surface area contributed by atoms with E-state index in [1.165, 1.54) is 11.1 Å². The smallest absolute Gasteiger partial charge is 0.128 e. The van der Waals surface area contributed by atoms with Gasteiger partial charge in [0.1, 0.15) is 30.5 Å². The Morgan fingerprint density at radius 1 is 0.788 bits per heavy atom. The molecular weight excluding hydrogens is 410 g/mol. The number of para-hydroxylation sites is 1. The molecule has 5 heteroatoms. The fourth-order valence-corrected chi connectivity index (χ4v) is 4.13. The number of benzene rings is 3. The first-order valence-electron chi connectivity index (χ1n) is 11.6. The predicted octanol–water partition coefficient (Wildman–Crippen LogP) is 4.90. The highest BCUT2D eigenvalue weighted by atomic mass is 16.5. The molecular formula is C28H33N3O2. The van der Waals surface area contributed by atoms with Crippen LogP contribution in [0.15, 0.2) is 72.8 Å². The standard InChI is InChI=1S/C28H33N3O2/c1-22-7-6-8-23(2)27(22)32-20-19-30-15-17-31(18-16-30)28(29)25-11-13-26(14-12-25)33-21-24-9-4-3-5-10-24/h3-14,29H,15-21H2,1-2H3. The van der Waals surface area contributed by atoms with Crippen molar-refractivity contribution in [1.29, 1.82) is 5.41 Å². The van der Waals surface area contributed by atoms with Crippen molar-refractivity contribution in [2.24, 2.45) is 0 Å². The van der Waals surface area contributed by atoms with Gasteiger partial charge in [-0.2, -0.15) is 0 Å². The molecule has 0 spiro atoms. The van der Waals surface area contributed by atoms with E-state index < -0.39 is 0 Å². The second-order valence-electron chi connectivity index (χ2n) is 8.55. The van der Waals surface area contributed by atoms with Crippen molar-refractivity contribution in [3.63, 3.8) is 0 Å². The average Bonchev–Trinajstić information content (AvgIpc) is 2.85. The minimum atomic E-state index is 0.548. The summed E-state index contributed by atoms with van der Waals surface area (Å²) in [6, 6.07) is 24.3. The zero-order chi connectivity index (χ0) is 23.0. The van der Waals surface area contributed by atoms with E-state index in [2.05, 4.69) is 54.0 Å². The topological polar surface area (TPSA) is 48.8 Å². The zero-order valence-electron chi connectivity index (χ0n) is 19.6. The Kier molecular flexibility index (Phi) is 7.63. The second-order valence-corrected chi connectivity index (χ2v) is 8.55. The van der Waals surface area contributed by atoms with Crippen LogP contribution in [0, 0.1) is 19.3 Å². The van der Waals surface area contributed by atoms with Crippen molar-refractivity contribution in [2.45, 2.75) is 20.5 Å². The van der Waals surface area contributed by atoms with Gasteiger partial charge >= 0.3 is 0 Å². The van der Waals surface area contributed by atoms with Crippen molar-refractivity contribution >= 4 is 5.84 Å². The summed E-state index contributed by atoms with van der Waals surface area (Å²) in [5.41, 5.74) is 4.44. The Hall–Kier alpha value is -3.31. The maximum Gasteiger partial charge on any atom is 0.128 e. The number of piperazine rings is 1. The lowest BCUT2D eigenvalue weighted by molar-refractivity contribution is 0.153. The molecule has 1 fully saturated rings. The highest BCUT2D eigenvalue weighted by Crippen LogP contribution is 2.22. The number of nitrogens with one attached hydrogen (secondary N) is 1. The van der Waals surface area contributed by atoms with Crippen LogP contribution in [0.2, 0.25) is 0 Å². The number of rotatable bonds is 8. The quantitative estimate of drug-likeness (QED) is 0.397. The third-order valence-electron chi connectivity index (χ3n) is 6.13. The molecule has 5 nitrogen and oxygen atoms in total. The molecule has 0 atom stereocenters. The minimum Gasteiger partial charge on any atom is -0.492 e. The Morgan fingerprint density at radius 3 is 2.12 bits per heavy atom. The Morgan fingerprint density at radius 2 is 1.45 bits per heavy atom. The van der Waals surface area contributed by atoms with Crippen molar-refractivity contribution in [3.8, 4) is 11.5 Å². The van der Waals surface area contributed by atoms with E-state index in [4.69, 9.17) is 14.9 Å². The first kappa shape index (κ1) is 22.9. The van der Waals surface area contributed by atoms with E-state index >= 15 is 0 Å². The lowest BCUT2D eigenvalue weighted by Crippen LogP contribution is -2.49. The molecule has 1 saturated heterocycles. The maximum absolute atomic E-state index is 8.64. The number of aryl methyl sites for hydroxylation is 2. The van der Waals surface area contributed by atoms with Gasteiger partial charge in [0.05, 0.1) is 0 Å². The van der Waals surface area contributed by atoms with Crippen LogP contribution < -0.4 is 9.47 Å². The predicted molar refractivity (Wildman–Crippen MR) is 133 cm³/mol. The van der Waals surface area contributed by atoms with Gasteiger partial charge in [-0.05, 0) is 54.8 Å². The van der Waals surface area contributed by atoms with Gasteiger partial charge in [0.2, 0.25) is 0 Å². The number of hydrogen-bond acceptors (Lipinski definition) is 4. The van der Waals surface area contributed by atoms with Gasteiger partial charge in [0, 0.05) is 38.3 Å². The first-order valence-corrected chi connectivity index (χ1v) is 11.6. The van der Waals surface area contributed by atoms with Gasteiger partial charge in [-0.15, -0.1) is 0 Å². The monoisotopic (exact) mass is 443 g/mol. The van der Waals surface area contributed by atoms with Crippen LogP contribution in [0.3, 0.4) is 0 Å². The van der Waals surface area contributed by atoms with Crippen molar-refractivity contribution in [1.82, 2.24) is 9.80 Å². The van der Waals surface area contributed by atoms with Gasteiger partial charge in [-0.3, -0.25) is 10.3 Å². The fraction of sp³-hybridized carbons (Fsp3) is 0.321. The zero-order valence-corrected chi connectivity index (χ0v) is 19.6. The molecule has 172 valence electrons. The molecule has 0 aliphatic carbocycles. The summed E-state index contributed by atoms with van der Waals surface area (Å²) >= 11 is 0. The molecule has 0 saturated carbocycles. The molecule has 3 aromatic rings. The third-order valence-corrected chi connectivity index (χ3v) is 6.13. The van der Waals surface area contributed by atoms with Gasteiger partial charge in [-0.1, -0.05) is 48.5 Å². The van der Waals surface area contributed by atoms with Crippen LogP contribution >= 0.6 is 0 Å². The Balaban J connectivity index is 1.21. The van der Waals surface area contributed by atoms with Crippen LogP contribution in [0.5, 0.6) is 11.5 Å². The normalized spacial score (nSPS) is 14.2. The van der Waals surface area contributed by atoms with Crippen LogP contribution in [0.25, 0.3) is 0 Å². The van der Waals surface area contributed by atoms with Crippen LogP contribution in [0.1, 0.15) is 22.3 Å². The Labute approximate surface area is 197 Å². The lowest BCUT2D eigenvalue weighted by atomic mass is 10.1. The number of ether oxygens (including phenoxy) is 2. The van der Waals surface area contributed by atoms with Crippen LogP contribution in [0.4, 0.5) is 0 Å². The summed E-state index contributed by atoms with van der Waals surface area (Å²) in [6.45, 7) is 9.92. The van der Waals surface area contributed by atoms with Gasteiger partial charge in [-0.25, -0.2) is 0 Å². The molecule has 0 bridgehead atoms. The minimum absolute atomic E-state index is 0.548. The van der Waals surface area contributed by atoms with Gasteiger partial charge < -0.3 is 14.4 Å². The summed E-state index contributed by atoms with van der Waals surface area (Å²) in [5, 5.41) is 8.64. The summed E-state index contributed by atoms with van der Waals surface area (Å²) in [6.07, 6.45) is 0. The number of nitrogens with zero attached hydrogens (tertiary/aromatic N) is 2. The van der Waals surface area contributed by atoms with E-state index in [-0.39, 0.29) is 0 Å². The van der Waals surface area contributed by atoms with Gasteiger partial charge in [0.15, 0.2) is 0 Å².